The Hall–Kier alpha value is -3.74. The molecule has 1 saturated heterocycles. The van der Waals surface area contributed by atoms with Crippen LogP contribution in [0, 0.1) is 18.3 Å². The second-order valence-electron chi connectivity index (χ2n) is 8.75. The smallest absolute Gasteiger partial charge is 0.170 e. The van der Waals surface area contributed by atoms with Crippen molar-refractivity contribution in [3.05, 3.63) is 59.9 Å². The van der Waals surface area contributed by atoms with Gasteiger partial charge in [0.1, 0.15) is 23.2 Å². The molecule has 4 aromatic rings. The number of nitrogens with zero attached hydrogens (tertiary/aromatic N) is 8. The van der Waals surface area contributed by atoms with Crippen molar-refractivity contribution >= 4 is 29.3 Å². The molecule has 0 atom stereocenters. The minimum Gasteiger partial charge on any atom is -0.493 e. The van der Waals surface area contributed by atoms with Crippen LogP contribution >= 0.6 is 12.4 Å². The van der Waals surface area contributed by atoms with Gasteiger partial charge in [-0.25, -0.2) is 14.6 Å². The van der Waals surface area contributed by atoms with Crippen molar-refractivity contribution in [2.24, 2.45) is 7.05 Å². The molecule has 9 nitrogen and oxygen atoms in total. The lowest BCUT2D eigenvalue weighted by Gasteiger charge is -2.35. The van der Waals surface area contributed by atoms with Crippen LogP contribution in [-0.4, -0.2) is 69.2 Å². The van der Waals surface area contributed by atoms with Crippen molar-refractivity contribution in [1.29, 1.82) is 5.26 Å². The molecule has 1 aliphatic heterocycles. The van der Waals surface area contributed by atoms with Gasteiger partial charge in [-0.05, 0) is 55.3 Å². The first-order valence-corrected chi connectivity index (χ1v) is 11.8. The van der Waals surface area contributed by atoms with E-state index < -0.39 is 0 Å². The summed E-state index contributed by atoms with van der Waals surface area (Å²) in [7, 11) is 1.81. The van der Waals surface area contributed by atoms with Crippen molar-refractivity contribution < 1.29 is 4.74 Å². The van der Waals surface area contributed by atoms with E-state index in [-0.39, 0.29) is 18.1 Å². The number of ether oxygens (including phenoxy) is 1. The predicted octanol–water partition coefficient (Wildman–Crippen LogP) is 3.62. The van der Waals surface area contributed by atoms with E-state index in [0.29, 0.717) is 12.1 Å². The Labute approximate surface area is 216 Å². The van der Waals surface area contributed by atoms with E-state index in [1.807, 2.05) is 56.6 Å². The highest BCUT2D eigenvalue weighted by Gasteiger charge is 2.17. The molecular formula is C26H29ClN8O. The zero-order chi connectivity index (χ0) is 24.2. The number of benzene rings is 1. The summed E-state index contributed by atoms with van der Waals surface area (Å²) in [4.78, 5) is 13.8. The molecule has 5 rings (SSSR count). The molecule has 1 fully saturated rings. The van der Waals surface area contributed by atoms with Crippen LogP contribution in [0.15, 0.2) is 48.7 Å². The molecule has 0 unspecified atom stereocenters. The van der Waals surface area contributed by atoms with Crippen molar-refractivity contribution in [2.75, 3.05) is 44.2 Å². The van der Waals surface area contributed by atoms with Crippen LogP contribution in [0.1, 0.15) is 17.7 Å². The molecule has 10 heteroatoms. The van der Waals surface area contributed by atoms with Crippen molar-refractivity contribution in [3.8, 4) is 23.1 Å². The molecule has 0 N–H and O–H groups in total. The number of rotatable bonds is 7. The van der Waals surface area contributed by atoms with E-state index in [1.165, 1.54) is 0 Å². The molecule has 0 bridgehead atoms. The predicted molar refractivity (Wildman–Crippen MR) is 141 cm³/mol. The summed E-state index contributed by atoms with van der Waals surface area (Å²) in [5.41, 5.74) is 4.28. The number of hydrogen-bond donors (Lipinski definition) is 0. The molecule has 1 aromatic carbocycles. The molecule has 1 aliphatic rings. The van der Waals surface area contributed by atoms with Crippen LogP contribution in [0.3, 0.4) is 0 Å². The highest BCUT2D eigenvalue weighted by Crippen LogP contribution is 2.28. The number of nitriles is 1. The molecule has 0 amide bonds. The Kier molecular flexibility index (Phi) is 7.98. The van der Waals surface area contributed by atoms with Gasteiger partial charge in [0.2, 0.25) is 0 Å². The van der Waals surface area contributed by atoms with Crippen LogP contribution in [0.5, 0.6) is 5.75 Å². The van der Waals surface area contributed by atoms with E-state index in [4.69, 9.17) is 4.74 Å². The maximum absolute atomic E-state index is 9.48. The molecule has 0 aliphatic carbocycles. The van der Waals surface area contributed by atoms with Gasteiger partial charge >= 0.3 is 0 Å². The number of hydrogen-bond acceptors (Lipinski definition) is 8. The lowest BCUT2D eigenvalue weighted by molar-refractivity contribution is 0.224. The molecule has 0 saturated carbocycles. The van der Waals surface area contributed by atoms with Crippen molar-refractivity contribution in [2.45, 2.75) is 13.3 Å². The number of fused-ring (bicyclic) bond motifs is 1. The molecule has 186 valence electrons. The number of aromatic nitrogens is 5. The van der Waals surface area contributed by atoms with Crippen molar-refractivity contribution in [3.63, 3.8) is 0 Å². The van der Waals surface area contributed by atoms with Crippen LogP contribution < -0.4 is 9.64 Å². The highest BCUT2D eigenvalue weighted by molar-refractivity contribution is 5.85. The largest absolute Gasteiger partial charge is 0.493 e. The number of anilines is 1. The van der Waals surface area contributed by atoms with E-state index in [1.54, 1.807) is 4.68 Å². The Balaban J connectivity index is 0.00000304. The summed E-state index contributed by atoms with van der Waals surface area (Å²) in [5.74, 6) is 1.93. The Bertz CT molecular complexity index is 1360. The molecule has 4 heterocycles. The third kappa shape index (κ3) is 5.40. The van der Waals surface area contributed by atoms with Crippen LogP contribution in [-0.2, 0) is 7.05 Å². The van der Waals surface area contributed by atoms with Gasteiger partial charge in [-0.2, -0.15) is 5.26 Å². The van der Waals surface area contributed by atoms with Gasteiger partial charge in [-0.3, -0.25) is 4.90 Å². The monoisotopic (exact) mass is 504 g/mol. The molecule has 3 aromatic heterocycles. The van der Waals surface area contributed by atoms with Crippen LogP contribution in [0.25, 0.3) is 22.3 Å². The lowest BCUT2D eigenvalue weighted by atomic mass is 10.1. The van der Waals surface area contributed by atoms with E-state index in [2.05, 4.69) is 42.2 Å². The van der Waals surface area contributed by atoms with Gasteiger partial charge in [0.25, 0.3) is 0 Å². The standard InChI is InChI=1S/C26H28N8O.ClH/c1-19-16-20(21-17-23-26(22(18-27)29-21)30-31-32(23)2)7-8-24(19)35-15-5-10-33-11-13-34(14-12-33)25-6-3-4-9-28-25;/h3-4,6-9,16-17H,5,10-15H2,1-2H3;1H. The van der Waals surface area contributed by atoms with Gasteiger partial charge in [-0.1, -0.05) is 11.3 Å². The third-order valence-electron chi connectivity index (χ3n) is 6.40. The third-order valence-corrected chi connectivity index (χ3v) is 6.40. The van der Waals surface area contributed by atoms with Gasteiger partial charge in [0.15, 0.2) is 5.69 Å². The average molecular weight is 505 g/mol. The second kappa shape index (κ2) is 11.3. The molecule has 0 spiro atoms. The maximum Gasteiger partial charge on any atom is 0.170 e. The maximum atomic E-state index is 9.48. The Morgan fingerprint density at radius 3 is 2.64 bits per heavy atom. The fourth-order valence-corrected chi connectivity index (χ4v) is 4.44. The first-order chi connectivity index (χ1) is 17.1. The SMILES string of the molecule is Cc1cc(-c2cc3c(nnn3C)c(C#N)n2)ccc1OCCCN1CCN(c2ccccn2)CC1.Cl. The fraction of sp³-hybridized carbons (Fsp3) is 0.346. The number of pyridine rings is 2. The normalized spacial score (nSPS) is 13.9. The Morgan fingerprint density at radius 1 is 1.08 bits per heavy atom. The van der Waals surface area contributed by atoms with Crippen LogP contribution in [0.4, 0.5) is 5.82 Å². The summed E-state index contributed by atoms with van der Waals surface area (Å²) in [6, 6.07) is 16.1. The molecule has 0 radical (unpaired) electrons. The number of aryl methyl sites for hydroxylation is 2. The van der Waals surface area contributed by atoms with Gasteiger partial charge in [0.05, 0.1) is 17.8 Å². The quantitative estimate of drug-likeness (QED) is 0.352. The first kappa shape index (κ1) is 25.4. The van der Waals surface area contributed by atoms with E-state index in [0.717, 1.165) is 73.0 Å². The first-order valence-electron chi connectivity index (χ1n) is 11.8. The fourth-order valence-electron chi connectivity index (χ4n) is 4.44. The number of halogens is 1. The van der Waals surface area contributed by atoms with Gasteiger partial charge in [0, 0.05) is 51.5 Å². The minimum absolute atomic E-state index is 0. The van der Waals surface area contributed by atoms with Crippen LogP contribution in [0.2, 0.25) is 0 Å². The summed E-state index contributed by atoms with van der Waals surface area (Å²) < 4.78 is 7.74. The summed E-state index contributed by atoms with van der Waals surface area (Å²) in [6.07, 6.45) is 2.83. The minimum atomic E-state index is 0. The van der Waals surface area contributed by atoms with E-state index >= 15 is 0 Å². The zero-order valence-corrected chi connectivity index (χ0v) is 21.3. The summed E-state index contributed by atoms with van der Waals surface area (Å²) in [5, 5.41) is 17.5. The Morgan fingerprint density at radius 2 is 1.92 bits per heavy atom. The van der Waals surface area contributed by atoms with Crippen molar-refractivity contribution in [1.82, 2.24) is 29.9 Å². The average Bonchev–Trinajstić information content (AvgIpc) is 3.28. The number of piperazine rings is 1. The highest BCUT2D eigenvalue weighted by atomic mass is 35.5. The lowest BCUT2D eigenvalue weighted by Crippen LogP contribution is -2.47. The topological polar surface area (TPSA) is 96.0 Å². The van der Waals surface area contributed by atoms with Gasteiger partial charge < -0.3 is 9.64 Å². The molecule has 36 heavy (non-hydrogen) atoms. The molecular weight excluding hydrogens is 476 g/mol. The second-order valence-corrected chi connectivity index (χ2v) is 8.75. The van der Waals surface area contributed by atoms with Gasteiger partial charge in [-0.15, -0.1) is 17.5 Å². The summed E-state index contributed by atoms with van der Waals surface area (Å²) in [6.45, 7) is 7.81. The van der Waals surface area contributed by atoms with E-state index in [9.17, 15) is 5.26 Å². The zero-order valence-electron chi connectivity index (χ0n) is 20.5. The summed E-state index contributed by atoms with van der Waals surface area (Å²) >= 11 is 0.